The highest BCUT2D eigenvalue weighted by Crippen LogP contribution is 2.21. The van der Waals surface area contributed by atoms with Gasteiger partial charge in [0.25, 0.3) is 0 Å². The van der Waals surface area contributed by atoms with Crippen molar-refractivity contribution in [3.63, 3.8) is 0 Å². The van der Waals surface area contributed by atoms with Crippen molar-refractivity contribution < 1.29 is 9.59 Å². The number of aromatic nitrogens is 6. The van der Waals surface area contributed by atoms with Gasteiger partial charge in [0.15, 0.2) is 0 Å². The van der Waals surface area contributed by atoms with E-state index in [1.165, 1.54) is 24.8 Å². The molecule has 0 atom stereocenters. The van der Waals surface area contributed by atoms with Crippen molar-refractivity contribution in [3.05, 3.63) is 83.8 Å². The summed E-state index contributed by atoms with van der Waals surface area (Å²) >= 11 is 0. The number of likely N-dealkylation sites (tertiary alicyclic amines) is 2. The lowest BCUT2D eigenvalue weighted by Crippen LogP contribution is -2.45. The van der Waals surface area contributed by atoms with Gasteiger partial charge in [0.05, 0.1) is 17.1 Å². The first-order valence-electron chi connectivity index (χ1n) is 16.8. The monoisotopic (exact) mass is 656 g/mol. The molecule has 2 aromatic carbocycles. The van der Waals surface area contributed by atoms with Crippen LogP contribution < -0.4 is 10.6 Å². The Bertz CT molecular complexity index is 1520. The summed E-state index contributed by atoms with van der Waals surface area (Å²) in [5.41, 5.74) is 4.94. The third kappa shape index (κ3) is 11.4. The van der Waals surface area contributed by atoms with Crippen molar-refractivity contribution in [1.29, 1.82) is 0 Å². The number of aryl methyl sites for hydroxylation is 2. The van der Waals surface area contributed by atoms with E-state index in [0.717, 1.165) is 74.8 Å². The Balaban J connectivity index is 0.000000212. The molecular weight excluding hydrogens is 604 g/mol. The lowest BCUT2D eigenvalue weighted by molar-refractivity contribution is -0.123. The molecule has 4 heterocycles. The van der Waals surface area contributed by atoms with E-state index in [4.69, 9.17) is 0 Å². The molecule has 0 radical (unpaired) electrons. The molecule has 48 heavy (non-hydrogen) atoms. The highest BCUT2D eigenvalue weighted by Gasteiger charge is 2.21. The summed E-state index contributed by atoms with van der Waals surface area (Å²) in [4.78, 5) is 29.1. The minimum atomic E-state index is -0.0194. The SMILES string of the molecule is C.Cc1cn(CC(=O)NC2CCN(Cc3ccccc3)CC2)nn1.Cc1nnn(CC(=O)NCCN2CCCCC2)c1-c1ccccc1. The third-order valence-corrected chi connectivity index (χ3v) is 8.60. The van der Waals surface area contributed by atoms with Gasteiger partial charge >= 0.3 is 0 Å². The molecule has 0 bridgehead atoms. The summed E-state index contributed by atoms with van der Waals surface area (Å²) in [5.74, 6) is -0.00880. The molecule has 0 unspecified atom stereocenters. The predicted molar refractivity (Wildman–Crippen MR) is 188 cm³/mol. The Labute approximate surface area is 284 Å². The second kappa shape index (κ2) is 18.8. The van der Waals surface area contributed by atoms with Gasteiger partial charge in [-0.3, -0.25) is 14.5 Å². The number of nitrogens with zero attached hydrogens (tertiary/aromatic N) is 8. The van der Waals surface area contributed by atoms with E-state index in [2.05, 4.69) is 65.3 Å². The zero-order valence-corrected chi connectivity index (χ0v) is 27.7. The van der Waals surface area contributed by atoms with Crippen LogP contribution in [0, 0.1) is 13.8 Å². The van der Waals surface area contributed by atoms with Crippen LogP contribution in [0.25, 0.3) is 11.3 Å². The number of benzene rings is 2. The smallest absolute Gasteiger partial charge is 0.242 e. The number of carbonyl (C=O) groups excluding carboxylic acids is 2. The van der Waals surface area contributed by atoms with E-state index >= 15 is 0 Å². The predicted octanol–water partition coefficient (Wildman–Crippen LogP) is 3.86. The first-order valence-corrected chi connectivity index (χ1v) is 16.8. The van der Waals surface area contributed by atoms with E-state index in [1.54, 1.807) is 15.6 Å². The standard InChI is InChI=1S/C18H25N5O.C17H23N5O.CH4/c1-15-18(16-8-4-2-5-9-16)23(21-20-15)14-17(24)19-10-13-22-11-6-3-7-12-22;1-14-11-22(20-19-14)13-17(23)18-16-7-9-21(10-8-16)12-15-5-3-2-4-6-15;/h2,4-5,8-9H,3,6-7,10-14H2,1H3,(H,19,24);2-6,11,16H,7-10,12-13H2,1H3,(H,18,23);1H4. The van der Waals surface area contributed by atoms with Crippen LogP contribution in [0.2, 0.25) is 0 Å². The maximum atomic E-state index is 12.2. The Morgan fingerprint density at radius 1 is 0.792 bits per heavy atom. The summed E-state index contributed by atoms with van der Waals surface area (Å²) in [7, 11) is 0. The molecule has 2 fully saturated rings. The summed E-state index contributed by atoms with van der Waals surface area (Å²) in [5, 5.41) is 22.2. The Morgan fingerprint density at radius 3 is 2.15 bits per heavy atom. The lowest BCUT2D eigenvalue weighted by Gasteiger charge is -2.32. The maximum absolute atomic E-state index is 12.2. The molecule has 0 aliphatic carbocycles. The molecule has 2 aliphatic rings. The van der Waals surface area contributed by atoms with Crippen molar-refractivity contribution in [2.24, 2.45) is 0 Å². The Hall–Kier alpha value is -4.42. The molecule has 12 nitrogen and oxygen atoms in total. The van der Waals surface area contributed by atoms with Crippen molar-refractivity contribution in [2.75, 3.05) is 39.3 Å². The molecule has 0 spiro atoms. The van der Waals surface area contributed by atoms with Crippen LogP contribution in [0.3, 0.4) is 0 Å². The summed E-state index contributed by atoms with van der Waals surface area (Å²) in [6.45, 7) is 11.2. The number of hydrogen-bond acceptors (Lipinski definition) is 8. The van der Waals surface area contributed by atoms with Crippen molar-refractivity contribution in [3.8, 4) is 11.3 Å². The first kappa shape index (κ1) is 36.4. The largest absolute Gasteiger partial charge is 0.353 e. The second-order valence-electron chi connectivity index (χ2n) is 12.5. The van der Waals surface area contributed by atoms with E-state index < -0.39 is 0 Å². The number of hydrogen-bond donors (Lipinski definition) is 2. The summed E-state index contributed by atoms with van der Waals surface area (Å²) in [6, 6.07) is 20.7. The lowest BCUT2D eigenvalue weighted by atomic mass is 10.0. The fraction of sp³-hybridized carbons (Fsp3) is 0.500. The van der Waals surface area contributed by atoms with Gasteiger partial charge in [-0.2, -0.15) is 0 Å². The van der Waals surface area contributed by atoms with Gasteiger partial charge in [-0.15, -0.1) is 10.2 Å². The molecule has 2 aromatic heterocycles. The molecule has 2 saturated heterocycles. The summed E-state index contributed by atoms with van der Waals surface area (Å²) in [6.07, 6.45) is 7.64. The first-order chi connectivity index (χ1) is 22.9. The van der Waals surface area contributed by atoms with Gasteiger partial charge in [-0.25, -0.2) is 9.36 Å². The Morgan fingerprint density at radius 2 is 1.48 bits per heavy atom. The van der Waals surface area contributed by atoms with Crippen molar-refractivity contribution >= 4 is 11.8 Å². The quantitative estimate of drug-likeness (QED) is 0.249. The average molecular weight is 657 g/mol. The van der Waals surface area contributed by atoms with Crippen LogP contribution in [-0.2, 0) is 29.2 Å². The number of amides is 2. The molecule has 6 rings (SSSR count). The maximum Gasteiger partial charge on any atom is 0.242 e. The van der Waals surface area contributed by atoms with Gasteiger partial charge in [-0.05, 0) is 58.2 Å². The number of carbonyl (C=O) groups is 2. The topological polar surface area (TPSA) is 126 Å². The van der Waals surface area contributed by atoms with Crippen molar-refractivity contribution in [1.82, 2.24) is 50.4 Å². The van der Waals surface area contributed by atoms with E-state index in [1.807, 2.05) is 50.2 Å². The van der Waals surface area contributed by atoms with Crippen molar-refractivity contribution in [2.45, 2.75) is 79.1 Å². The molecule has 2 aliphatic heterocycles. The van der Waals surface area contributed by atoms with Gasteiger partial charge in [0.1, 0.15) is 13.1 Å². The van der Waals surface area contributed by atoms with Crippen LogP contribution in [0.4, 0.5) is 0 Å². The van der Waals surface area contributed by atoms with E-state index in [9.17, 15) is 9.59 Å². The minimum Gasteiger partial charge on any atom is -0.353 e. The summed E-state index contributed by atoms with van der Waals surface area (Å²) < 4.78 is 3.26. The van der Waals surface area contributed by atoms with E-state index in [0.29, 0.717) is 6.54 Å². The second-order valence-corrected chi connectivity index (χ2v) is 12.5. The molecule has 258 valence electrons. The molecule has 0 saturated carbocycles. The van der Waals surface area contributed by atoms with Crippen LogP contribution in [0.15, 0.2) is 66.9 Å². The molecule has 2 amide bonds. The number of rotatable bonds is 11. The fourth-order valence-electron chi connectivity index (χ4n) is 6.16. The van der Waals surface area contributed by atoms with Gasteiger partial charge in [-0.1, -0.05) is 84.9 Å². The van der Waals surface area contributed by atoms with Gasteiger partial charge in [0.2, 0.25) is 11.8 Å². The molecule has 12 heteroatoms. The van der Waals surface area contributed by atoms with Crippen LogP contribution in [-0.4, -0.2) is 96.9 Å². The van der Waals surface area contributed by atoms with Crippen LogP contribution in [0.5, 0.6) is 0 Å². The fourth-order valence-corrected chi connectivity index (χ4v) is 6.16. The molecule has 2 N–H and O–H groups in total. The third-order valence-electron chi connectivity index (χ3n) is 8.60. The zero-order chi connectivity index (χ0) is 32.8. The number of nitrogens with one attached hydrogen (secondary N) is 2. The zero-order valence-electron chi connectivity index (χ0n) is 27.7. The van der Waals surface area contributed by atoms with E-state index in [-0.39, 0.29) is 38.4 Å². The highest BCUT2D eigenvalue weighted by molar-refractivity contribution is 5.77. The van der Waals surface area contributed by atoms with Crippen LogP contribution in [0.1, 0.15) is 56.5 Å². The Kier molecular flexibility index (Phi) is 14.3. The molecule has 4 aromatic rings. The highest BCUT2D eigenvalue weighted by atomic mass is 16.2. The minimum absolute atomic E-state index is 0. The van der Waals surface area contributed by atoms with Gasteiger partial charge < -0.3 is 15.5 Å². The number of piperidine rings is 2. The van der Waals surface area contributed by atoms with Crippen LogP contribution >= 0.6 is 0 Å². The molecular formula is C36H52N10O2. The average Bonchev–Trinajstić information content (AvgIpc) is 3.67. The van der Waals surface area contributed by atoms with Gasteiger partial charge in [0, 0.05) is 50.5 Å². The normalized spacial score (nSPS) is 15.5.